The summed E-state index contributed by atoms with van der Waals surface area (Å²) in [5.41, 5.74) is 0.133. The highest BCUT2D eigenvalue weighted by molar-refractivity contribution is 5.88. The highest BCUT2D eigenvalue weighted by Crippen LogP contribution is 2.46. The van der Waals surface area contributed by atoms with E-state index in [-0.39, 0.29) is 35.7 Å². The van der Waals surface area contributed by atoms with Crippen LogP contribution >= 0.6 is 0 Å². The van der Waals surface area contributed by atoms with Crippen LogP contribution in [0.4, 0.5) is 0 Å². The van der Waals surface area contributed by atoms with E-state index in [9.17, 15) is 9.59 Å². The molecule has 3 rings (SSSR count). The van der Waals surface area contributed by atoms with Crippen LogP contribution in [0.1, 0.15) is 33.1 Å². The van der Waals surface area contributed by atoms with Crippen molar-refractivity contribution < 1.29 is 9.59 Å². The fourth-order valence-corrected chi connectivity index (χ4v) is 3.40. The molecule has 0 bridgehead atoms. The Hall–Kier alpha value is -1.89. The molecule has 2 N–H and O–H groups in total. The summed E-state index contributed by atoms with van der Waals surface area (Å²) >= 11 is 0. The minimum absolute atomic E-state index is 0.0391. The van der Waals surface area contributed by atoms with Gasteiger partial charge in [0.15, 0.2) is 0 Å². The van der Waals surface area contributed by atoms with Crippen LogP contribution in [-0.4, -0.2) is 58.2 Å². The molecule has 1 saturated heterocycles. The fourth-order valence-electron chi connectivity index (χ4n) is 3.40. The maximum atomic E-state index is 12.4. The van der Waals surface area contributed by atoms with E-state index in [1.54, 1.807) is 6.20 Å². The smallest absolute Gasteiger partial charge is 0.237 e. The SMILES string of the molecule is CC(C)N1CCNC(=O)C1CC(=O)NCC1(Cn2cccn2)CC1. The standard InChI is InChI=1S/C17H27N5O2/c1-13(2)22-9-7-18-16(24)14(22)10-15(23)19-11-17(4-5-17)12-21-8-3-6-20-21/h3,6,8,13-14H,4-5,7,9-12H2,1-2H3,(H,18,24)(H,19,23). The number of carbonyl (C=O) groups is 2. The van der Waals surface area contributed by atoms with Gasteiger partial charge >= 0.3 is 0 Å². The summed E-state index contributed by atoms with van der Waals surface area (Å²) < 4.78 is 1.92. The number of nitrogens with one attached hydrogen (secondary N) is 2. The zero-order chi connectivity index (χ0) is 17.2. The molecule has 1 unspecified atom stereocenters. The van der Waals surface area contributed by atoms with Gasteiger partial charge in [-0.3, -0.25) is 19.2 Å². The first-order chi connectivity index (χ1) is 11.5. The highest BCUT2D eigenvalue weighted by Gasteiger charge is 2.43. The molecule has 24 heavy (non-hydrogen) atoms. The lowest BCUT2D eigenvalue weighted by atomic mass is 10.0. The number of piperazine rings is 1. The van der Waals surface area contributed by atoms with Crippen LogP contribution in [0.2, 0.25) is 0 Å². The average molecular weight is 333 g/mol. The molecule has 7 heteroatoms. The second kappa shape index (κ2) is 6.93. The summed E-state index contributed by atoms with van der Waals surface area (Å²) in [5, 5.41) is 10.1. The predicted octanol–water partition coefficient (Wildman–Crippen LogP) is 0.378. The molecule has 2 heterocycles. The van der Waals surface area contributed by atoms with Gasteiger partial charge in [-0.2, -0.15) is 5.10 Å². The third kappa shape index (κ3) is 3.95. The highest BCUT2D eigenvalue weighted by atomic mass is 16.2. The predicted molar refractivity (Wildman–Crippen MR) is 90.2 cm³/mol. The van der Waals surface area contributed by atoms with Crippen molar-refractivity contribution in [2.24, 2.45) is 5.41 Å². The Balaban J connectivity index is 1.50. The monoisotopic (exact) mass is 333 g/mol. The van der Waals surface area contributed by atoms with E-state index >= 15 is 0 Å². The Kier molecular flexibility index (Phi) is 4.89. The molecule has 0 radical (unpaired) electrons. The van der Waals surface area contributed by atoms with Crippen LogP contribution in [-0.2, 0) is 16.1 Å². The van der Waals surface area contributed by atoms with Gasteiger partial charge in [0.2, 0.25) is 11.8 Å². The van der Waals surface area contributed by atoms with Crippen LogP contribution in [0.3, 0.4) is 0 Å². The molecule has 2 amide bonds. The average Bonchev–Trinajstić information content (AvgIpc) is 3.11. The Morgan fingerprint density at radius 1 is 1.50 bits per heavy atom. The third-order valence-electron chi connectivity index (χ3n) is 5.09. The van der Waals surface area contributed by atoms with Gasteiger partial charge in [-0.25, -0.2) is 0 Å². The van der Waals surface area contributed by atoms with Crippen molar-refractivity contribution in [2.45, 2.75) is 51.7 Å². The number of amides is 2. The van der Waals surface area contributed by atoms with E-state index in [0.717, 1.165) is 25.9 Å². The van der Waals surface area contributed by atoms with Crippen molar-refractivity contribution in [3.63, 3.8) is 0 Å². The van der Waals surface area contributed by atoms with Crippen LogP contribution in [0.5, 0.6) is 0 Å². The van der Waals surface area contributed by atoms with Gasteiger partial charge in [0.25, 0.3) is 0 Å². The van der Waals surface area contributed by atoms with Gasteiger partial charge in [0, 0.05) is 50.0 Å². The molecule has 132 valence electrons. The zero-order valence-electron chi connectivity index (χ0n) is 14.5. The first-order valence-electron chi connectivity index (χ1n) is 8.77. The van der Waals surface area contributed by atoms with Gasteiger partial charge in [0.05, 0.1) is 12.5 Å². The van der Waals surface area contributed by atoms with Crippen molar-refractivity contribution in [2.75, 3.05) is 19.6 Å². The molecular weight excluding hydrogens is 306 g/mol. The molecule has 0 spiro atoms. The van der Waals surface area contributed by atoms with E-state index in [4.69, 9.17) is 0 Å². The van der Waals surface area contributed by atoms with E-state index in [0.29, 0.717) is 13.1 Å². The molecule has 1 aliphatic carbocycles. The van der Waals surface area contributed by atoms with Crippen molar-refractivity contribution in [3.8, 4) is 0 Å². The first-order valence-corrected chi connectivity index (χ1v) is 8.77. The summed E-state index contributed by atoms with van der Waals surface area (Å²) in [6.07, 6.45) is 6.16. The van der Waals surface area contributed by atoms with Crippen LogP contribution < -0.4 is 10.6 Å². The molecule has 7 nitrogen and oxygen atoms in total. The number of hydrogen-bond donors (Lipinski definition) is 2. The molecule has 1 aromatic rings. The van der Waals surface area contributed by atoms with Gasteiger partial charge in [-0.1, -0.05) is 0 Å². The van der Waals surface area contributed by atoms with Crippen LogP contribution in [0.15, 0.2) is 18.5 Å². The van der Waals surface area contributed by atoms with E-state index in [2.05, 4.69) is 34.5 Å². The second-order valence-corrected chi connectivity index (χ2v) is 7.32. The first kappa shape index (κ1) is 17.0. The second-order valence-electron chi connectivity index (χ2n) is 7.32. The number of nitrogens with zero attached hydrogens (tertiary/aromatic N) is 3. The van der Waals surface area contributed by atoms with Crippen LogP contribution in [0, 0.1) is 5.41 Å². The van der Waals surface area contributed by atoms with Crippen molar-refractivity contribution >= 4 is 11.8 Å². The maximum Gasteiger partial charge on any atom is 0.237 e. The molecule has 0 aromatic carbocycles. The molecule has 2 aliphatic rings. The summed E-state index contributed by atoms with van der Waals surface area (Å²) in [4.78, 5) is 26.6. The topological polar surface area (TPSA) is 79.3 Å². The molecular formula is C17H27N5O2. The Morgan fingerprint density at radius 2 is 2.29 bits per heavy atom. The van der Waals surface area contributed by atoms with Gasteiger partial charge in [-0.05, 0) is 32.8 Å². The number of carbonyl (C=O) groups excluding carboxylic acids is 2. The Bertz CT molecular complexity index is 580. The molecule has 1 atom stereocenters. The fraction of sp³-hybridized carbons (Fsp3) is 0.706. The maximum absolute atomic E-state index is 12.4. The van der Waals surface area contributed by atoms with Gasteiger partial charge < -0.3 is 10.6 Å². The van der Waals surface area contributed by atoms with Crippen molar-refractivity contribution in [1.29, 1.82) is 0 Å². The summed E-state index contributed by atoms with van der Waals surface area (Å²) in [5.74, 6) is -0.0859. The minimum atomic E-state index is -0.361. The molecule has 1 aromatic heterocycles. The van der Waals surface area contributed by atoms with Gasteiger partial charge in [-0.15, -0.1) is 0 Å². The van der Waals surface area contributed by atoms with Crippen molar-refractivity contribution in [1.82, 2.24) is 25.3 Å². The lowest BCUT2D eigenvalue weighted by Gasteiger charge is -2.37. The number of hydrogen-bond acceptors (Lipinski definition) is 4. The Labute approximate surface area is 142 Å². The molecule has 1 aliphatic heterocycles. The summed E-state index contributed by atoms with van der Waals surface area (Å²) in [6, 6.07) is 1.81. The van der Waals surface area contributed by atoms with Crippen molar-refractivity contribution in [3.05, 3.63) is 18.5 Å². The normalized spacial score (nSPS) is 23.1. The third-order valence-corrected chi connectivity index (χ3v) is 5.09. The summed E-state index contributed by atoms with van der Waals surface area (Å²) in [7, 11) is 0. The van der Waals surface area contributed by atoms with E-state index < -0.39 is 0 Å². The molecule has 1 saturated carbocycles. The zero-order valence-corrected chi connectivity index (χ0v) is 14.5. The summed E-state index contributed by atoms with van der Waals surface area (Å²) in [6.45, 7) is 7.07. The number of aromatic nitrogens is 2. The lowest BCUT2D eigenvalue weighted by Crippen LogP contribution is -2.58. The van der Waals surface area contributed by atoms with E-state index in [1.165, 1.54) is 0 Å². The van der Waals surface area contributed by atoms with Crippen LogP contribution in [0.25, 0.3) is 0 Å². The largest absolute Gasteiger partial charge is 0.355 e. The van der Waals surface area contributed by atoms with E-state index in [1.807, 2.05) is 16.9 Å². The van der Waals surface area contributed by atoms with Gasteiger partial charge in [0.1, 0.15) is 0 Å². The minimum Gasteiger partial charge on any atom is -0.355 e. The number of rotatable bonds is 7. The quantitative estimate of drug-likeness (QED) is 0.756. The molecule has 2 fully saturated rings. The Morgan fingerprint density at radius 3 is 2.92 bits per heavy atom. The lowest BCUT2D eigenvalue weighted by molar-refractivity contribution is -0.134.